The molecule has 0 aliphatic carbocycles. The highest BCUT2D eigenvalue weighted by molar-refractivity contribution is 5.80. The van der Waals surface area contributed by atoms with Gasteiger partial charge < -0.3 is 9.88 Å². The number of benzene rings is 1. The Bertz CT molecular complexity index is 525. The van der Waals surface area contributed by atoms with E-state index in [1.807, 2.05) is 0 Å². The Hall–Kier alpha value is -1.35. The van der Waals surface area contributed by atoms with Gasteiger partial charge in [-0.3, -0.25) is 0 Å². The van der Waals surface area contributed by atoms with Crippen molar-refractivity contribution in [1.29, 1.82) is 0 Å². The molecule has 1 aromatic carbocycles. The highest BCUT2D eigenvalue weighted by Crippen LogP contribution is 2.26. The van der Waals surface area contributed by atoms with E-state index in [4.69, 9.17) is 4.98 Å². The maximum Gasteiger partial charge on any atom is 0.123 e. The third-order valence-electron chi connectivity index (χ3n) is 3.31. The van der Waals surface area contributed by atoms with E-state index in [9.17, 15) is 0 Å². The maximum absolute atomic E-state index is 4.77. The number of fused-ring (bicyclic) bond motifs is 3. The van der Waals surface area contributed by atoms with E-state index in [2.05, 4.69) is 41.9 Å². The standard InChI is InChI=1S/C13H17N3/c1-9(2)10-4-3-5-11-13(10)15-12-8-14-6-7-16(11)12/h3-5,9,14H,6-8H2,1-2H3. The van der Waals surface area contributed by atoms with Crippen LogP contribution in [0.4, 0.5) is 0 Å². The number of rotatable bonds is 1. The van der Waals surface area contributed by atoms with Crippen LogP contribution in [0.5, 0.6) is 0 Å². The fourth-order valence-corrected chi connectivity index (χ4v) is 2.46. The number of hydrogen-bond acceptors (Lipinski definition) is 2. The van der Waals surface area contributed by atoms with Crippen LogP contribution < -0.4 is 5.32 Å². The largest absolute Gasteiger partial charge is 0.326 e. The topological polar surface area (TPSA) is 29.9 Å². The first-order chi connectivity index (χ1) is 7.77. The summed E-state index contributed by atoms with van der Waals surface area (Å²) in [6.45, 7) is 7.43. The predicted molar refractivity (Wildman–Crippen MR) is 65.5 cm³/mol. The van der Waals surface area contributed by atoms with Gasteiger partial charge in [0.15, 0.2) is 0 Å². The van der Waals surface area contributed by atoms with Gasteiger partial charge >= 0.3 is 0 Å². The van der Waals surface area contributed by atoms with E-state index >= 15 is 0 Å². The Morgan fingerprint density at radius 3 is 3.06 bits per heavy atom. The second kappa shape index (κ2) is 3.59. The van der Waals surface area contributed by atoms with Crippen molar-refractivity contribution in [3.8, 4) is 0 Å². The smallest absolute Gasteiger partial charge is 0.123 e. The Kier molecular flexibility index (Phi) is 2.21. The normalized spacial score (nSPS) is 15.7. The zero-order chi connectivity index (χ0) is 11.1. The van der Waals surface area contributed by atoms with Crippen molar-refractivity contribution >= 4 is 11.0 Å². The highest BCUT2D eigenvalue weighted by atomic mass is 15.2. The molecule has 2 heterocycles. The minimum absolute atomic E-state index is 0.536. The summed E-state index contributed by atoms with van der Waals surface area (Å²) in [6, 6.07) is 6.52. The molecule has 2 aromatic rings. The molecule has 0 atom stereocenters. The van der Waals surface area contributed by atoms with E-state index < -0.39 is 0 Å². The summed E-state index contributed by atoms with van der Waals surface area (Å²) >= 11 is 0. The fourth-order valence-electron chi connectivity index (χ4n) is 2.46. The van der Waals surface area contributed by atoms with Gasteiger partial charge in [0.1, 0.15) is 5.82 Å². The molecule has 0 fully saturated rings. The van der Waals surface area contributed by atoms with E-state index in [1.54, 1.807) is 0 Å². The van der Waals surface area contributed by atoms with Gasteiger partial charge in [0.25, 0.3) is 0 Å². The van der Waals surface area contributed by atoms with Crippen molar-refractivity contribution in [2.24, 2.45) is 0 Å². The first-order valence-electron chi connectivity index (χ1n) is 5.96. The van der Waals surface area contributed by atoms with E-state index in [1.165, 1.54) is 22.4 Å². The van der Waals surface area contributed by atoms with Crippen LogP contribution in [0.15, 0.2) is 18.2 Å². The lowest BCUT2D eigenvalue weighted by Crippen LogP contribution is -2.28. The van der Waals surface area contributed by atoms with Crippen LogP contribution in [0.25, 0.3) is 11.0 Å². The molecule has 1 N–H and O–H groups in total. The van der Waals surface area contributed by atoms with Crippen molar-refractivity contribution in [3.05, 3.63) is 29.6 Å². The molecule has 1 aliphatic heterocycles. The van der Waals surface area contributed by atoms with E-state index in [-0.39, 0.29) is 0 Å². The Morgan fingerprint density at radius 2 is 2.25 bits per heavy atom. The summed E-state index contributed by atoms with van der Waals surface area (Å²) in [4.78, 5) is 4.77. The van der Waals surface area contributed by atoms with Crippen LogP contribution in [-0.2, 0) is 13.1 Å². The van der Waals surface area contributed by atoms with Crippen LogP contribution in [0.3, 0.4) is 0 Å². The molecular weight excluding hydrogens is 198 g/mol. The number of aromatic nitrogens is 2. The lowest BCUT2D eigenvalue weighted by Gasteiger charge is -2.15. The van der Waals surface area contributed by atoms with Crippen molar-refractivity contribution < 1.29 is 0 Å². The molecule has 84 valence electrons. The van der Waals surface area contributed by atoms with Crippen LogP contribution in [0.2, 0.25) is 0 Å². The number of hydrogen-bond donors (Lipinski definition) is 1. The summed E-state index contributed by atoms with van der Waals surface area (Å²) < 4.78 is 2.34. The molecule has 3 nitrogen and oxygen atoms in total. The molecule has 16 heavy (non-hydrogen) atoms. The molecule has 0 unspecified atom stereocenters. The molecule has 0 saturated carbocycles. The van der Waals surface area contributed by atoms with Gasteiger partial charge in [-0.1, -0.05) is 26.0 Å². The van der Waals surface area contributed by atoms with E-state index in [0.717, 1.165) is 19.6 Å². The number of imidazole rings is 1. The van der Waals surface area contributed by atoms with Crippen molar-refractivity contribution in [2.75, 3.05) is 6.54 Å². The Morgan fingerprint density at radius 1 is 1.38 bits per heavy atom. The SMILES string of the molecule is CC(C)c1cccc2c1nc1n2CCNC1. The molecular formula is C13H17N3. The van der Waals surface area contributed by atoms with Crippen LogP contribution in [0, 0.1) is 0 Å². The number of nitrogens with one attached hydrogen (secondary N) is 1. The zero-order valence-electron chi connectivity index (χ0n) is 9.83. The highest BCUT2D eigenvalue weighted by Gasteiger charge is 2.16. The first kappa shape index (κ1) is 9.85. The van der Waals surface area contributed by atoms with Crippen LogP contribution in [0.1, 0.15) is 31.2 Å². The lowest BCUT2D eigenvalue weighted by atomic mass is 10.0. The summed E-state index contributed by atoms with van der Waals surface area (Å²) in [6.07, 6.45) is 0. The number of para-hydroxylation sites is 1. The monoisotopic (exact) mass is 215 g/mol. The third kappa shape index (κ3) is 1.35. The van der Waals surface area contributed by atoms with Gasteiger partial charge in [0.05, 0.1) is 17.6 Å². The molecule has 0 saturated heterocycles. The first-order valence-corrected chi connectivity index (χ1v) is 5.96. The van der Waals surface area contributed by atoms with Crippen LogP contribution >= 0.6 is 0 Å². The molecule has 0 radical (unpaired) electrons. The molecule has 0 bridgehead atoms. The second-order valence-electron chi connectivity index (χ2n) is 4.73. The van der Waals surface area contributed by atoms with E-state index in [0.29, 0.717) is 5.92 Å². The van der Waals surface area contributed by atoms with Crippen molar-refractivity contribution in [1.82, 2.24) is 14.9 Å². The van der Waals surface area contributed by atoms with Gasteiger partial charge in [-0.05, 0) is 17.5 Å². The fraction of sp³-hybridized carbons (Fsp3) is 0.462. The third-order valence-corrected chi connectivity index (χ3v) is 3.31. The molecule has 1 aliphatic rings. The van der Waals surface area contributed by atoms with Gasteiger partial charge in [0.2, 0.25) is 0 Å². The van der Waals surface area contributed by atoms with Gasteiger partial charge in [-0.25, -0.2) is 4.98 Å². The molecule has 1 aromatic heterocycles. The van der Waals surface area contributed by atoms with Gasteiger partial charge in [0, 0.05) is 13.1 Å². The van der Waals surface area contributed by atoms with Crippen LogP contribution in [-0.4, -0.2) is 16.1 Å². The Balaban J connectivity index is 2.29. The lowest BCUT2D eigenvalue weighted by molar-refractivity contribution is 0.514. The zero-order valence-corrected chi connectivity index (χ0v) is 9.83. The summed E-state index contributed by atoms with van der Waals surface area (Å²) in [5.74, 6) is 1.71. The van der Waals surface area contributed by atoms with Crippen molar-refractivity contribution in [2.45, 2.75) is 32.9 Å². The van der Waals surface area contributed by atoms with Crippen molar-refractivity contribution in [3.63, 3.8) is 0 Å². The quantitative estimate of drug-likeness (QED) is 0.790. The predicted octanol–water partition coefficient (Wildman–Crippen LogP) is 2.26. The average molecular weight is 215 g/mol. The molecule has 0 amide bonds. The van der Waals surface area contributed by atoms with Gasteiger partial charge in [-0.2, -0.15) is 0 Å². The minimum Gasteiger partial charge on any atom is -0.326 e. The number of nitrogens with zero attached hydrogens (tertiary/aromatic N) is 2. The average Bonchev–Trinajstić information content (AvgIpc) is 2.67. The summed E-state index contributed by atoms with van der Waals surface area (Å²) in [7, 11) is 0. The maximum atomic E-state index is 4.77. The Labute approximate surface area is 95.5 Å². The minimum atomic E-state index is 0.536. The summed E-state index contributed by atoms with van der Waals surface area (Å²) in [5.41, 5.74) is 3.85. The summed E-state index contributed by atoms with van der Waals surface area (Å²) in [5, 5.41) is 3.37. The molecule has 0 spiro atoms. The molecule has 3 heteroatoms. The van der Waals surface area contributed by atoms with Gasteiger partial charge in [-0.15, -0.1) is 0 Å². The molecule has 3 rings (SSSR count). The second-order valence-corrected chi connectivity index (χ2v) is 4.73.